The molecule has 0 saturated carbocycles. The van der Waals surface area contributed by atoms with Crippen LogP contribution in [0.15, 0.2) is 0 Å². The van der Waals surface area contributed by atoms with Gasteiger partial charge in [0.15, 0.2) is 6.29 Å². The second kappa shape index (κ2) is 8.32. The molecule has 2 rings (SSSR count). The first-order valence-corrected chi connectivity index (χ1v) is 7.78. The highest BCUT2D eigenvalue weighted by atomic mass is 16.7. The highest BCUT2D eigenvalue weighted by Crippen LogP contribution is 2.29. The fourth-order valence-corrected chi connectivity index (χ4v) is 3.03. The molecule has 0 aromatic heterocycles. The fraction of sp³-hybridized carbons (Fsp3) is 1.00. The summed E-state index contributed by atoms with van der Waals surface area (Å²) in [5.41, 5.74) is 0. The zero-order chi connectivity index (χ0) is 18.0. The van der Waals surface area contributed by atoms with Gasteiger partial charge < -0.3 is 49.6 Å². The minimum Gasteiger partial charge on any atom is -0.394 e. The van der Waals surface area contributed by atoms with Crippen LogP contribution in [-0.4, -0.2) is 112 Å². The van der Waals surface area contributed by atoms with E-state index in [1.807, 2.05) is 0 Å². The van der Waals surface area contributed by atoms with Crippen molar-refractivity contribution in [1.82, 2.24) is 0 Å². The molecule has 24 heavy (non-hydrogen) atoms. The molecule has 10 nitrogen and oxygen atoms in total. The van der Waals surface area contributed by atoms with E-state index in [-0.39, 0.29) is 0 Å². The molecule has 2 aliphatic rings. The van der Waals surface area contributed by atoms with Crippen LogP contribution in [0.4, 0.5) is 0 Å². The molecule has 0 aromatic rings. The number of methoxy groups -OCH3 is 1. The van der Waals surface area contributed by atoms with Crippen LogP contribution in [0.1, 0.15) is 6.92 Å². The van der Waals surface area contributed by atoms with Gasteiger partial charge in [0.25, 0.3) is 0 Å². The summed E-state index contributed by atoms with van der Waals surface area (Å²) in [4.78, 5) is 0. The Bertz CT molecular complexity index is 396. The summed E-state index contributed by atoms with van der Waals surface area (Å²) in [7, 11) is 1.27. The third kappa shape index (κ3) is 3.73. The van der Waals surface area contributed by atoms with E-state index in [2.05, 4.69) is 0 Å². The van der Waals surface area contributed by atoms with E-state index in [4.69, 9.17) is 18.9 Å². The zero-order valence-corrected chi connectivity index (χ0v) is 13.5. The maximum Gasteiger partial charge on any atom is 0.187 e. The van der Waals surface area contributed by atoms with Gasteiger partial charge in [-0.25, -0.2) is 0 Å². The SMILES string of the molecule is COC1[C@H](O)C(CO)O[C@@H](OC2[C@H](O)C(CO)O[C@@H](C)[C@H]2O)[C@H]1O. The van der Waals surface area contributed by atoms with Gasteiger partial charge in [0, 0.05) is 7.11 Å². The molecule has 4 unspecified atom stereocenters. The molecule has 2 aliphatic heterocycles. The van der Waals surface area contributed by atoms with Crippen molar-refractivity contribution < 1.29 is 49.6 Å². The van der Waals surface area contributed by atoms with Crippen LogP contribution in [0, 0.1) is 0 Å². The molecular weight excluding hydrogens is 328 g/mol. The van der Waals surface area contributed by atoms with E-state index < -0.39 is 74.4 Å². The number of aliphatic hydroxyl groups is 6. The van der Waals surface area contributed by atoms with Crippen LogP contribution in [0.2, 0.25) is 0 Å². The van der Waals surface area contributed by atoms with Crippen molar-refractivity contribution in [2.45, 2.75) is 68.1 Å². The minimum atomic E-state index is -1.42. The standard InChI is InChI=1S/C14H26O10/c1-5-8(17)13(10(19)6(3-15)22-5)24-14-11(20)12(21-2)9(18)7(4-16)23-14/h5-20H,3-4H2,1-2H3/t5-,6?,7?,8+,9+,10+,11-,12?,13?,14-/m0/s1. The third-order valence-corrected chi connectivity index (χ3v) is 4.49. The van der Waals surface area contributed by atoms with Gasteiger partial charge >= 0.3 is 0 Å². The molecule has 2 fully saturated rings. The molecule has 2 saturated heterocycles. The molecule has 142 valence electrons. The van der Waals surface area contributed by atoms with Crippen molar-refractivity contribution >= 4 is 0 Å². The van der Waals surface area contributed by atoms with Gasteiger partial charge in [-0.2, -0.15) is 0 Å². The van der Waals surface area contributed by atoms with Crippen LogP contribution in [0.25, 0.3) is 0 Å². The number of rotatable bonds is 5. The van der Waals surface area contributed by atoms with Gasteiger partial charge in [-0.15, -0.1) is 0 Å². The van der Waals surface area contributed by atoms with Crippen molar-refractivity contribution in [3.63, 3.8) is 0 Å². The topological polar surface area (TPSA) is 158 Å². The highest BCUT2D eigenvalue weighted by Gasteiger charge is 2.50. The van der Waals surface area contributed by atoms with Crippen LogP contribution >= 0.6 is 0 Å². The average molecular weight is 354 g/mol. The Kier molecular flexibility index (Phi) is 6.90. The Labute approximate surface area is 139 Å². The van der Waals surface area contributed by atoms with Crippen molar-refractivity contribution in [3.8, 4) is 0 Å². The lowest BCUT2D eigenvalue weighted by Crippen LogP contribution is -2.64. The monoisotopic (exact) mass is 354 g/mol. The van der Waals surface area contributed by atoms with E-state index in [0.29, 0.717) is 0 Å². The quantitative estimate of drug-likeness (QED) is 0.290. The maximum atomic E-state index is 10.2. The van der Waals surface area contributed by atoms with E-state index in [1.165, 1.54) is 7.11 Å². The number of aliphatic hydroxyl groups excluding tert-OH is 6. The number of hydrogen-bond donors (Lipinski definition) is 6. The molecule has 2 heterocycles. The van der Waals surface area contributed by atoms with E-state index in [1.54, 1.807) is 6.92 Å². The number of hydrogen-bond acceptors (Lipinski definition) is 10. The first kappa shape index (κ1) is 19.9. The summed E-state index contributed by atoms with van der Waals surface area (Å²) in [5, 5.41) is 59.1. The summed E-state index contributed by atoms with van der Waals surface area (Å²) < 4.78 is 21.1. The van der Waals surface area contributed by atoms with Crippen LogP contribution < -0.4 is 0 Å². The van der Waals surface area contributed by atoms with Gasteiger partial charge in [-0.3, -0.25) is 0 Å². The summed E-state index contributed by atoms with van der Waals surface area (Å²) in [6.45, 7) is 0.527. The Balaban J connectivity index is 2.14. The van der Waals surface area contributed by atoms with Gasteiger partial charge in [0.05, 0.1) is 19.3 Å². The number of ether oxygens (including phenoxy) is 4. The van der Waals surface area contributed by atoms with Crippen molar-refractivity contribution in [3.05, 3.63) is 0 Å². The lowest BCUT2D eigenvalue weighted by atomic mass is 9.95. The molecule has 10 atom stereocenters. The van der Waals surface area contributed by atoms with Crippen molar-refractivity contribution in [2.75, 3.05) is 20.3 Å². The first-order valence-electron chi connectivity index (χ1n) is 7.78. The molecule has 0 amide bonds. The van der Waals surface area contributed by atoms with Crippen molar-refractivity contribution in [2.24, 2.45) is 0 Å². The predicted octanol–water partition coefficient (Wildman–Crippen LogP) is -3.67. The van der Waals surface area contributed by atoms with Gasteiger partial charge in [0.2, 0.25) is 0 Å². The van der Waals surface area contributed by atoms with E-state index in [9.17, 15) is 30.6 Å². The lowest BCUT2D eigenvalue weighted by Gasteiger charge is -2.46. The van der Waals surface area contributed by atoms with E-state index in [0.717, 1.165) is 0 Å². The van der Waals surface area contributed by atoms with Crippen LogP contribution in [0.5, 0.6) is 0 Å². The van der Waals surface area contributed by atoms with Gasteiger partial charge in [-0.1, -0.05) is 0 Å². The molecule has 10 heteroatoms. The summed E-state index contributed by atoms with van der Waals surface area (Å²) >= 11 is 0. The molecule has 0 bridgehead atoms. The van der Waals surface area contributed by atoms with Gasteiger partial charge in [-0.05, 0) is 6.92 Å². The summed E-state index contributed by atoms with van der Waals surface area (Å²) in [6, 6.07) is 0. The Morgan fingerprint density at radius 3 is 1.88 bits per heavy atom. The Hall–Kier alpha value is -0.400. The molecule has 0 spiro atoms. The second-order valence-corrected chi connectivity index (χ2v) is 6.05. The van der Waals surface area contributed by atoms with Gasteiger partial charge in [0.1, 0.15) is 48.8 Å². The van der Waals surface area contributed by atoms with Crippen molar-refractivity contribution in [1.29, 1.82) is 0 Å². The van der Waals surface area contributed by atoms with Crippen LogP contribution in [-0.2, 0) is 18.9 Å². The molecule has 0 aromatic carbocycles. The highest BCUT2D eigenvalue weighted by molar-refractivity contribution is 4.95. The lowest BCUT2D eigenvalue weighted by molar-refractivity contribution is -0.342. The predicted molar refractivity (Wildman–Crippen MR) is 76.9 cm³/mol. The normalized spacial score (nSPS) is 50.0. The Morgan fingerprint density at radius 2 is 1.33 bits per heavy atom. The molecule has 0 aliphatic carbocycles. The zero-order valence-electron chi connectivity index (χ0n) is 13.5. The summed E-state index contributed by atoms with van der Waals surface area (Å²) in [5.74, 6) is 0. The smallest absolute Gasteiger partial charge is 0.187 e. The molecular formula is C14H26O10. The first-order chi connectivity index (χ1) is 11.3. The maximum absolute atomic E-state index is 10.2. The summed E-state index contributed by atoms with van der Waals surface area (Å²) in [6.07, 6.45) is -11.7. The largest absolute Gasteiger partial charge is 0.394 e. The third-order valence-electron chi connectivity index (χ3n) is 4.49. The van der Waals surface area contributed by atoms with Crippen LogP contribution in [0.3, 0.4) is 0 Å². The second-order valence-electron chi connectivity index (χ2n) is 6.05. The van der Waals surface area contributed by atoms with E-state index >= 15 is 0 Å². The molecule has 6 N–H and O–H groups in total. The minimum absolute atomic E-state index is 0.481. The molecule has 0 radical (unpaired) electrons. The Morgan fingerprint density at radius 1 is 0.792 bits per heavy atom. The fourth-order valence-electron chi connectivity index (χ4n) is 3.03. The average Bonchev–Trinajstić information content (AvgIpc) is 2.57.